The summed E-state index contributed by atoms with van der Waals surface area (Å²) < 4.78 is 11.1. The molecule has 0 aromatic heterocycles. The van der Waals surface area contributed by atoms with Gasteiger partial charge in [0, 0.05) is 12.3 Å². The molecule has 3 N–H and O–H groups in total. The molecular formula is C18H26N2O4. The molecule has 0 unspecified atom stereocenters. The average molecular weight is 334 g/mol. The van der Waals surface area contributed by atoms with Crippen LogP contribution in [0.4, 0.5) is 5.69 Å². The highest BCUT2D eigenvalue weighted by atomic mass is 16.5. The number of hydrogen-bond acceptors (Lipinski definition) is 4. The molecule has 0 radical (unpaired) electrons. The smallest absolute Gasteiger partial charge is 0.256 e. The monoisotopic (exact) mass is 334 g/mol. The summed E-state index contributed by atoms with van der Waals surface area (Å²) in [5, 5.41) is 2.95. The number of amides is 2. The topological polar surface area (TPSA) is 90.7 Å². The van der Waals surface area contributed by atoms with Crippen molar-refractivity contribution >= 4 is 17.5 Å². The van der Waals surface area contributed by atoms with Gasteiger partial charge >= 0.3 is 0 Å². The van der Waals surface area contributed by atoms with Crippen molar-refractivity contribution in [3.8, 4) is 5.75 Å². The second-order valence-corrected chi connectivity index (χ2v) is 6.08. The van der Waals surface area contributed by atoms with Gasteiger partial charge in [0.1, 0.15) is 11.4 Å². The number of nitrogens with two attached hydrogens (primary N) is 1. The minimum Gasteiger partial charge on any atom is -0.484 e. The van der Waals surface area contributed by atoms with Crippen molar-refractivity contribution in [3.63, 3.8) is 0 Å². The Morgan fingerprint density at radius 1 is 1.12 bits per heavy atom. The molecule has 1 aromatic carbocycles. The van der Waals surface area contributed by atoms with E-state index in [-0.39, 0.29) is 12.5 Å². The Kier molecular flexibility index (Phi) is 6.61. The van der Waals surface area contributed by atoms with Gasteiger partial charge in [-0.2, -0.15) is 0 Å². The van der Waals surface area contributed by atoms with Gasteiger partial charge in [-0.3, -0.25) is 9.59 Å². The lowest BCUT2D eigenvalue weighted by Gasteiger charge is -2.31. The number of anilines is 1. The highest BCUT2D eigenvalue weighted by Gasteiger charge is 2.39. The van der Waals surface area contributed by atoms with Crippen molar-refractivity contribution < 1.29 is 19.1 Å². The summed E-state index contributed by atoms with van der Waals surface area (Å²) >= 11 is 0. The Morgan fingerprint density at radius 2 is 1.75 bits per heavy atom. The molecule has 0 bridgehead atoms. The maximum absolute atomic E-state index is 12.8. The highest BCUT2D eigenvalue weighted by molar-refractivity contribution is 5.97. The van der Waals surface area contributed by atoms with Crippen LogP contribution in [0.3, 0.4) is 0 Å². The molecule has 0 heterocycles. The first-order chi connectivity index (χ1) is 11.6. The second-order valence-electron chi connectivity index (χ2n) is 6.08. The van der Waals surface area contributed by atoms with E-state index in [0.717, 1.165) is 38.5 Å². The van der Waals surface area contributed by atoms with E-state index >= 15 is 0 Å². The Bertz CT molecular complexity index is 549. The fraction of sp³-hybridized carbons (Fsp3) is 0.556. The number of carbonyl (C=O) groups excluding carboxylic acids is 2. The van der Waals surface area contributed by atoms with E-state index in [4.69, 9.17) is 15.2 Å². The number of nitrogens with one attached hydrogen (secondary N) is 1. The van der Waals surface area contributed by atoms with Gasteiger partial charge in [-0.05, 0) is 44.0 Å². The normalized spacial score (nSPS) is 16.9. The molecular weight excluding hydrogens is 308 g/mol. The fourth-order valence-corrected chi connectivity index (χ4v) is 3.05. The number of ether oxygens (including phenoxy) is 2. The fourth-order valence-electron chi connectivity index (χ4n) is 3.05. The summed E-state index contributed by atoms with van der Waals surface area (Å²) in [5.41, 5.74) is 4.99. The van der Waals surface area contributed by atoms with Gasteiger partial charge in [-0.15, -0.1) is 0 Å². The molecule has 24 heavy (non-hydrogen) atoms. The average Bonchev–Trinajstić information content (AvgIpc) is 2.81. The standard InChI is InChI=1S/C18H26N2O4/c1-2-24-18(11-5-3-4-6-12-18)17(22)20-14-7-9-15(10-8-14)23-13-16(19)21/h7-10H,2-6,11-13H2,1H3,(H2,19,21)(H,20,22). The maximum Gasteiger partial charge on any atom is 0.256 e. The van der Waals surface area contributed by atoms with Gasteiger partial charge in [0.2, 0.25) is 0 Å². The van der Waals surface area contributed by atoms with Crippen LogP contribution in [0.15, 0.2) is 24.3 Å². The van der Waals surface area contributed by atoms with Gasteiger partial charge < -0.3 is 20.5 Å². The molecule has 0 saturated heterocycles. The summed E-state index contributed by atoms with van der Waals surface area (Å²) in [5.74, 6) is -0.0859. The van der Waals surface area contributed by atoms with Crippen molar-refractivity contribution in [3.05, 3.63) is 24.3 Å². The van der Waals surface area contributed by atoms with E-state index in [9.17, 15) is 9.59 Å². The van der Waals surface area contributed by atoms with Crippen LogP contribution in [0, 0.1) is 0 Å². The summed E-state index contributed by atoms with van der Waals surface area (Å²) in [6.07, 6.45) is 5.82. The molecule has 1 aromatic rings. The zero-order valence-electron chi connectivity index (χ0n) is 14.2. The van der Waals surface area contributed by atoms with Crippen molar-refractivity contribution in [1.29, 1.82) is 0 Å². The molecule has 1 aliphatic carbocycles. The van der Waals surface area contributed by atoms with Gasteiger partial charge in [0.05, 0.1) is 0 Å². The molecule has 1 fully saturated rings. The number of carbonyl (C=O) groups is 2. The first-order valence-corrected chi connectivity index (χ1v) is 8.52. The third-order valence-electron chi connectivity index (χ3n) is 4.24. The molecule has 6 nitrogen and oxygen atoms in total. The third kappa shape index (κ3) is 4.96. The predicted molar refractivity (Wildman–Crippen MR) is 91.8 cm³/mol. The zero-order valence-corrected chi connectivity index (χ0v) is 14.2. The van der Waals surface area contributed by atoms with Crippen LogP contribution in [0.25, 0.3) is 0 Å². The number of rotatable bonds is 7. The predicted octanol–water partition coefficient (Wildman–Crippen LogP) is 2.62. The Labute approximate surface area is 142 Å². The first-order valence-electron chi connectivity index (χ1n) is 8.52. The van der Waals surface area contributed by atoms with Gasteiger partial charge in [-0.1, -0.05) is 25.7 Å². The Balaban J connectivity index is 2.02. The number of hydrogen-bond donors (Lipinski definition) is 2. The van der Waals surface area contributed by atoms with Crippen molar-refractivity contribution in [2.75, 3.05) is 18.5 Å². The number of benzene rings is 1. The molecule has 1 aliphatic rings. The summed E-state index contributed by atoms with van der Waals surface area (Å²) in [4.78, 5) is 23.5. The molecule has 2 amide bonds. The molecule has 1 saturated carbocycles. The van der Waals surface area contributed by atoms with Crippen LogP contribution in [0.5, 0.6) is 5.75 Å². The largest absolute Gasteiger partial charge is 0.484 e. The molecule has 0 atom stereocenters. The van der Waals surface area contributed by atoms with Crippen LogP contribution >= 0.6 is 0 Å². The molecule has 0 spiro atoms. The lowest BCUT2D eigenvalue weighted by molar-refractivity contribution is -0.143. The minimum absolute atomic E-state index is 0.0861. The van der Waals surface area contributed by atoms with Crippen molar-refractivity contribution in [2.24, 2.45) is 5.73 Å². The SMILES string of the molecule is CCOC1(C(=O)Nc2ccc(OCC(N)=O)cc2)CCCCCC1. The van der Waals surface area contributed by atoms with E-state index in [2.05, 4.69) is 5.32 Å². The third-order valence-corrected chi connectivity index (χ3v) is 4.24. The lowest BCUT2D eigenvalue weighted by Crippen LogP contribution is -2.45. The summed E-state index contributed by atoms with van der Waals surface area (Å²) in [6, 6.07) is 6.87. The number of primary amides is 1. The van der Waals surface area contributed by atoms with E-state index in [1.807, 2.05) is 6.92 Å². The van der Waals surface area contributed by atoms with E-state index < -0.39 is 11.5 Å². The molecule has 6 heteroatoms. The van der Waals surface area contributed by atoms with Gasteiger partial charge in [0.25, 0.3) is 11.8 Å². The first kappa shape index (κ1) is 18.3. The maximum atomic E-state index is 12.8. The Hall–Kier alpha value is -2.08. The van der Waals surface area contributed by atoms with Crippen LogP contribution in [0.1, 0.15) is 45.4 Å². The quantitative estimate of drug-likeness (QED) is 0.750. The summed E-state index contributed by atoms with van der Waals surface area (Å²) in [6.45, 7) is 2.28. The molecule has 2 rings (SSSR count). The van der Waals surface area contributed by atoms with Gasteiger partial charge in [-0.25, -0.2) is 0 Å². The van der Waals surface area contributed by atoms with Crippen LogP contribution < -0.4 is 15.8 Å². The molecule has 132 valence electrons. The Morgan fingerprint density at radius 3 is 2.29 bits per heavy atom. The van der Waals surface area contributed by atoms with E-state index in [1.54, 1.807) is 24.3 Å². The lowest BCUT2D eigenvalue weighted by atomic mass is 9.93. The minimum atomic E-state index is -0.730. The molecule has 0 aliphatic heterocycles. The highest BCUT2D eigenvalue weighted by Crippen LogP contribution is 2.32. The second kappa shape index (κ2) is 8.68. The van der Waals surface area contributed by atoms with Crippen LogP contribution in [0.2, 0.25) is 0 Å². The summed E-state index contributed by atoms with van der Waals surface area (Å²) in [7, 11) is 0. The van der Waals surface area contributed by atoms with Gasteiger partial charge in [0.15, 0.2) is 6.61 Å². The van der Waals surface area contributed by atoms with Crippen molar-refractivity contribution in [1.82, 2.24) is 0 Å². The van der Waals surface area contributed by atoms with Crippen LogP contribution in [-0.2, 0) is 14.3 Å². The van der Waals surface area contributed by atoms with Crippen LogP contribution in [-0.4, -0.2) is 30.6 Å². The zero-order chi connectivity index (χ0) is 17.4. The van der Waals surface area contributed by atoms with E-state index in [0.29, 0.717) is 18.0 Å². The van der Waals surface area contributed by atoms with E-state index in [1.165, 1.54) is 0 Å². The van der Waals surface area contributed by atoms with Crippen molar-refractivity contribution in [2.45, 2.75) is 51.0 Å².